The molecular weight excluding hydrogens is 334 g/mol. The maximum absolute atomic E-state index is 13.0. The number of amides is 1. The highest BCUT2D eigenvalue weighted by Gasteiger charge is 2.24. The monoisotopic (exact) mass is 353 g/mol. The summed E-state index contributed by atoms with van der Waals surface area (Å²) in [5.74, 6) is 0.0949. The molecule has 0 fully saturated rings. The van der Waals surface area contributed by atoms with Crippen molar-refractivity contribution in [2.24, 2.45) is 0 Å². The van der Waals surface area contributed by atoms with Crippen LogP contribution in [-0.4, -0.2) is 21.1 Å². The molecule has 0 unspecified atom stereocenters. The number of aryl methyl sites for hydroxylation is 2. The maximum Gasteiger partial charge on any atom is 0.242 e. The largest absolute Gasteiger partial charge is 0.368 e. The fraction of sp³-hybridized carbons (Fsp3) is 0.167. The van der Waals surface area contributed by atoms with Crippen molar-refractivity contribution in [1.82, 2.24) is 15.2 Å². The quantitative estimate of drug-likeness (QED) is 0.610. The molecule has 0 saturated heterocycles. The zero-order chi connectivity index (χ0) is 17.8. The Kier molecular flexibility index (Phi) is 5.04. The molecule has 7 heteroatoms. The number of nitrogens with two attached hydrogens (primary N) is 1. The van der Waals surface area contributed by atoms with E-state index in [0.29, 0.717) is 5.16 Å². The van der Waals surface area contributed by atoms with Crippen LogP contribution in [0.3, 0.4) is 0 Å². The summed E-state index contributed by atoms with van der Waals surface area (Å²) in [5.41, 5.74) is 9.37. The van der Waals surface area contributed by atoms with Gasteiger partial charge in [-0.05, 0) is 36.6 Å². The maximum atomic E-state index is 13.0. The van der Waals surface area contributed by atoms with Gasteiger partial charge >= 0.3 is 0 Å². The van der Waals surface area contributed by atoms with Gasteiger partial charge < -0.3 is 11.1 Å². The highest BCUT2D eigenvalue weighted by atomic mass is 32.2. The van der Waals surface area contributed by atoms with E-state index in [-0.39, 0.29) is 11.9 Å². The first kappa shape index (κ1) is 17.0. The van der Waals surface area contributed by atoms with Crippen LogP contribution >= 0.6 is 11.8 Å². The summed E-state index contributed by atoms with van der Waals surface area (Å²) < 4.78 is 0. The summed E-state index contributed by atoms with van der Waals surface area (Å²) in [7, 11) is 0. The number of carbonyl (C=O) groups excluding carboxylic acids is 1. The van der Waals surface area contributed by atoms with Crippen molar-refractivity contribution in [3.8, 4) is 0 Å². The first-order valence-electron chi connectivity index (χ1n) is 7.80. The predicted molar refractivity (Wildman–Crippen MR) is 100 cm³/mol. The highest BCUT2D eigenvalue weighted by molar-refractivity contribution is 8.00. The minimum atomic E-state index is -0.490. The van der Waals surface area contributed by atoms with Gasteiger partial charge in [0.25, 0.3) is 0 Å². The topological polar surface area (TPSA) is 96.7 Å². The second kappa shape index (κ2) is 7.40. The number of hydrogen-bond acceptors (Lipinski definition) is 5. The van der Waals surface area contributed by atoms with Crippen molar-refractivity contribution in [2.45, 2.75) is 24.3 Å². The van der Waals surface area contributed by atoms with Crippen LogP contribution in [0, 0.1) is 13.8 Å². The molecule has 0 bridgehead atoms. The minimum Gasteiger partial charge on any atom is -0.368 e. The molecule has 128 valence electrons. The Morgan fingerprint density at radius 3 is 2.64 bits per heavy atom. The second-order valence-electron chi connectivity index (χ2n) is 5.72. The van der Waals surface area contributed by atoms with Crippen LogP contribution < -0.4 is 11.1 Å². The summed E-state index contributed by atoms with van der Waals surface area (Å²) in [5, 5.41) is 9.58. The number of hydrogen-bond donors (Lipinski definition) is 3. The number of rotatable bonds is 5. The Hall–Kier alpha value is -2.80. The number of benzene rings is 2. The number of nitrogens with one attached hydrogen (secondary N) is 2. The molecule has 1 amide bonds. The average Bonchev–Trinajstić information content (AvgIpc) is 3.02. The number of thioether (sulfide) groups is 1. The van der Waals surface area contributed by atoms with Crippen LogP contribution in [0.2, 0.25) is 0 Å². The fourth-order valence-corrected chi connectivity index (χ4v) is 3.31. The van der Waals surface area contributed by atoms with Gasteiger partial charge in [-0.15, -0.1) is 5.10 Å². The molecule has 6 nitrogen and oxygen atoms in total. The second-order valence-corrected chi connectivity index (χ2v) is 6.79. The number of aromatic amines is 1. The molecular formula is C18H19N5OS. The van der Waals surface area contributed by atoms with Crippen molar-refractivity contribution >= 4 is 29.3 Å². The highest BCUT2D eigenvalue weighted by Crippen LogP contribution is 2.34. The zero-order valence-electron chi connectivity index (χ0n) is 14.0. The SMILES string of the molecule is Cc1ccc(C)c(NC(=O)[C@H](Sc2n[nH]c(N)n2)c2ccccc2)c1. The third-order valence-electron chi connectivity index (χ3n) is 3.70. The van der Waals surface area contributed by atoms with Crippen molar-refractivity contribution in [1.29, 1.82) is 0 Å². The van der Waals surface area contributed by atoms with Crippen LogP contribution in [0.15, 0.2) is 53.7 Å². The molecule has 3 rings (SSSR count). The molecule has 2 aromatic carbocycles. The van der Waals surface area contributed by atoms with Crippen LogP contribution in [-0.2, 0) is 4.79 Å². The van der Waals surface area contributed by atoms with E-state index < -0.39 is 5.25 Å². The average molecular weight is 353 g/mol. The summed E-state index contributed by atoms with van der Waals surface area (Å²) in [6.45, 7) is 3.96. The van der Waals surface area contributed by atoms with Gasteiger partial charge in [0.2, 0.25) is 17.0 Å². The van der Waals surface area contributed by atoms with Gasteiger partial charge in [0, 0.05) is 5.69 Å². The Labute approximate surface area is 150 Å². The standard InChI is InChI=1S/C18H19N5OS/c1-11-8-9-12(2)14(10-11)20-16(24)15(13-6-4-3-5-7-13)25-18-21-17(19)22-23-18/h3-10,15H,1-2H3,(H,20,24)(H3,19,21,22,23)/t15-/m1/s1. The Bertz CT molecular complexity index is 878. The predicted octanol–water partition coefficient (Wildman–Crippen LogP) is 3.48. The third kappa shape index (κ3) is 4.19. The lowest BCUT2D eigenvalue weighted by Crippen LogP contribution is -2.19. The van der Waals surface area contributed by atoms with Crippen molar-refractivity contribution in [3.05, 3.63) is 65.2 Å². The van der Waals surface area contributed by atoms with Gasteiger partial charge in [-0.3, -0.25) is 4.79 Å². The molecule has 25 heavy (non-hydrogen) atoms. The zero-order valence-corrected chi connectivity index (χ0v) is 14.8. The van der Waals surface area contributed by atoms with E-state index >= 15 is 0 Å². The van der Waals surface area contributed by atoms with Crippen molar-refractivity contribution in [2.75, 3.05) is 11.1 Å². The van der Waals surface area contributed by atoms with Crippen molar-refractivity contribution in [3.63, 3.8) is 0 Å². The van der Waals surface area contributed by atoms with E-state index in [1.807, 2.05) is 62.4 Å². The lowest BCUT2D eigenvalue weighted by molar-refractivity contribution is -0.115. The van der Waals surface area contributed by atoms with Crippen molar-refractivity contribution < 1.29 is 4.79 Å². The number of carbonyl (C=O) groups is 1. The molecule has 0 aliphatic heterocycles. The van der Waals surface area contributed by atoms with E-state index in [4.69, 9.17) is 5.73 Å². The van der Waals surface area contributed by atoms with Gasteiger partial charge in [-0.2, -0.15) is 4.98 Å². The first-order valence-corrected chi connectivity index (χ1v) is 8.68. The Morgan fingerprint density at radius 2 is 1.96 bits per heavy atom. The summed E-state index contributed by atoms with van der Waals surface area (Å²) in [4.78, 5) is 17.0. The van der Waals surface area contributed by atoms with E-state index in [1.54, 1.807) is 0 Å². The number of H-pyrrole nitrogens is 1. The lowest BCUT2D eigenvalue weighted by atomic mass is 10.1. The Balaban J connectivity index is 1.88. The molecule has 0 aliphatic carbocycles. The lowest BCUT2D eigenvalue weighted by Gasteiger charge is -2.17. The summed E-state index contributed by atoms with van der Waals surface area (Å²) in [6.07, 6.45) is 0. The fourth-order valence-electron chi connectivity index (χ4n) is 2.39. The first-order chi connectivity index (χ1) is 12.0. The normalized spacial score (nSPS) is 11.9. The smallest absolute Gasteiger partial charge is 0.242 e. The summed E-state index contributed by atoms with van der Waals surface area (Å²) in [6, 6.07) is 15.5. The number of anilines is 2. The van der Waals surface area contributed by atoms with Crippen LogP contribution in [0.25, 0.3) is 0 Å². The van der Waals surface area contributed by atoms with Gasteiger partial charge in [0.15, 0.2) is 0 Å². The van der Waals surface area contributed by atoms with E-state index in [9.17, 15) is 4.79 Å². The molecule has 1 aromatic heterocycles. The van der Waals surface area contributed by atoms with Crippen LogP contribution in [0.1, 0.15) is 21.9 Å². The van der Waals surface area contributed by atoms with E-state index in [0.717, 1.165) is 22.4 Å². The number of nitrogen functional groups attached to an aromatic ring is 1. The summed E-state index contributed by atoms with van der Waals surface area (Å²) >= 11 is 1.25. The number of aromatic nitrogens is 3. The van der Waals surface area contributed by atoms with E-state index in [2.05, 4.69) is 20.5 Å². The Morgan fingerprint density at radius 1 is 1.20 bits per heavy atom. The minimum absolute atomic E-state index is 0.131. The van der Waals surface area contributed by atoms with Gasteiger partial charge in [-0.25, -0.2) is 5.10 Å². The molecule has 3 aromatic rings. The molecule has 1 atom stereocenters. The molecule has 0 saturated carbocycles. The van der Waals surface area contributed by atoms with Gasteiger partial charge in [-0.1, -0.05) is 54.2 Å². The van der Waals surface area contributed by atoms with Gasteiger partial charge in [0.1, 0.15) is 5.25 Å². The van der Waals surface area contributed by atoms with E-state index in [1.165, 1.54) is 11.8 Å². The molecule has 1 heterocycles. The molecule has 4 N–H and O–H groups in total. The van der Waals surface area contributed by atoms with Crippen LogP contribution in [0.5, 0.6) is 0 Å². The number of nitrogens with zero attached hydrogens (tertiary/aromatic N) is 2. The van der Waals surface area contributed by atoms with Crippen LogP contribution in [0.4, 0.5) is 11.6 Å². The molecule has 0 spiro atoms. The molecule has 0 radical (unpaired) electrons. The molecule has 0 aliphatic rings. The van der Waals surface area contributed by atoms with Gasteiger partial charge in [0.05, 0.1) is 0 Å². The third-order valence-corrected chi connectivity index (χ3v) is 4.81.